The highest BCUT2D eigenvalue weighted by molar-refractivity contribution is 5.01. The first kappa shape index (κ1) is 8.90. The average molecular weight is 167 g/mol. The summed E-state index contributed by atoms with van der Waals surface area (Å²) in [7, 11) is 0. The molecule has 4 heteroatoms. The summed E-state index contributed by atoms with van der Waals surface area (Å²) >= 11 is 0. The third-order valence-electron chi connectivity index (χ3n) is 1.57. The molecule has 0 spiro atoms. The molecule has 0 aliphatic heterocycles. The molecule has 0 aliphatic rings. The van der Waals surface area contributed by atoms with Gasteiger partial charge in [-0.3, -0.25) is 4.79 Å². The van der Waals surface area contributed by atoms with Crippen molar-refractivity contribution in [1.29, 1.82) is 0 Å². The molecule has 0 unspecified atom stereocenters. The zero-order chi connectivity index (χ0) is 9.35. The van der Waals surface area contributed by atoms with E-state index in [2.05, 4.69) is 15.2 Å². The van der Waals surface area contributed by atoms with E-state index in [1.54, 1.807) is 6.92 Å². The Bertz CT molecular complexity index is 335. The number of aromatic amines is 1. The summed E-state index contributed by atoms with van der Waals surface area (Å²) in [5, 5.41) is 7.66. The lowest BCUT2D eigenvalue weighted by atomic mass is 9.96. The summed E-state index contributed by atoms with van der Waals surface area (Å²) in [5.74, 6) is 0.623. The van der Waals surface area contributed by atoms with E-state index < -0.39 is 0 Å². The van der Waals surface area contributed by atoms with Crippen LogP contribution in [0, 0.1) is 6.92 Å². The molecule has 1 aromatic heterocycles. The molecular formula is C8H13N3O. The number of nitrogens with zero attached hydrogens (tertiary/aromatic N) is 2. The van der Waals surface area contributed by atoms with Gasteiger partial charge in [-0.2, -0.15) is 0 Å². The zero-order valence-electron chi connectivity index (χ0n) is 7.80. The van der Waals surface area contributed by atoms with Crippen LogP contribution in [-0.4, -0.2) is 15.2 Å². The third kappa shape index (κ3) is 1.69. The SMILES string of the molecule is Cc1nnc(C(C)(C)C)[nH]c1=O. The van der Waals surface area contributed by atoms with Gasteiger partial charge in [-0.15, -0.1) is 10.2 Å². The van der Waals surface area contributed by atoms with E-state index in [-0.39, 0.29) is 11.0 Å². The van der Waals surface area contributed by atoms with Crippen molar-refractivity contribution in [3.8, 4) is 0 Å². The molecule has 66 valence electrons. The van der Waals surface area contributed by atoms with Gasteiger partial charge >= 0.3 is 0 Å². The van der Waals surface area contributed by atoms with Crippen molar-refractivity contribution in [3.63, 3.8) is 0 Å². The smallest absolute Gasteiger partial charge is 0.272 e. The Kier molecular flexibility index (Phi) is 2.00. The summed E-state index contributed by atoms with van der Waals surface area (Å²) in [4.78, 5) is 13.8. The van der Waals surface area contributed by atoms with Crippen LogP contribution >= 0.6 is 0 Å². The first-order valence-electron chi connectivity index (χ1n) is 3.85. The van der Waals surface area contributed by atoms with Crippen molar-refractivity contribution >= 4 is 0 Å². The second-order valence-electron chi connectivity index (χ2n) is 3.84. The van der Waals surface area contributed by atoms with E-state index in [4.69, 9.17) is 0 Å². The summed E-state index contributed by atoms with van der Waals surface area (Å²) in [6.07, 6.45) is 0. The Morgan fingerprint density at radius 3 is 2.25 bits per heavy atom. The van der Waals surface area contributed by atoms with Gasteiger partial charge in [0.1, 0.15) is 11.5 Å². The van der Waals surface area contributed by atoms with Crippen LogP contribution in [0.5, 0.6) is 0 Å². The largest absolute Gasteiger partial charge is 0.307 e. The third-order valence-corrected chi connectivity index (χ3v) is 1.57. The van der Waals surface area contributed by atoms with Gasteiger partial charge in [0.15, 0.2) is 0 Å². The van der Waals surface area contributed by atoms with Crippen molar-refractivity contribution in [2.45, 2.75) is 33.1 Å². The molecule has 0 aromatic carbocycles. The minimum Gasteiger partial charge on any atom is -0.307 e. The molecule has 0 atom stereocenters. The lowest BCUT2D eigenvalue weighted by molar-refractivity contribution is 0.527. The standard InChI is InChI=1S/C8H13N3O/c1-5-6(12)9-7(11-10-5)8(2,3)4/h1-4H3,(H,9,11,12). The summed E-state index contributed by atoms with van der Waals surface area (Å²) < 4.78 is 0. The van der Waals surface area contributed by atoms with Gasteiger partial charge in [0.2, 0.25) is 0 Å². The van der Waals surface area contributed by atoms with E-state index in [9.17, 15) is 4.79 Å². The molecular weight excluding hydrogens is 154 g/mol. The van der Waals surface area contributed by atoms with E-state index in [1.165, 1.54) is 0 Å². The molecule has 12 heavy (non-hydrogen) atoms. The Morgan fingerprint density at radius 1 is 1.25 bits per heavy atom. The highest BCUT2D eigenvalue weighted by atomic mass is 16.1. The number of aryl methyl sites for hydroxylation is 1. The van der Waals surface area contributed by atoms with Gasteiger partial charge in [-0.1, -0.05) is 20.8 Å². The molecule has 1 rings (SSSR count). The van der Waals surface area contributed by atoms with Crippen LogP contribution in [0.4, 0.5) is 0 Å². The fourth-order valence-electron chi connectivity index (χ4n) is 0.731. The van der Waals surface area contributed by atoms with Crippen molar-refractivity contribution in [3.05, 3.63) is 21.9 Å². The van der Waals surface area contributed by atoms with Crippen LogP contribution in [0.15, 0.2) is 4.79 Å². The Morgan fingerprint density at radius 2 is 1.83 bits per heavy atom. The van der Waals surface area contributed by atoms with Crippen LogP contribution in [0.3, 0.4) is 0 Å². The highest BCUT2D eigenvalue weighted by Gasteiger charge is 2.17. The summed E-state index contributed by atoms with van der Waals surface area (Å²) in [5.41, 5.74) is 0.0952. The molecule has 0 aliphatic carbocycles. The molecule has 1 heterocycles. The lowest BCUT2D eigenvalue weighted by Crippen LogP contribution is -2.24. The van der Waals surface area contributed by atoms with Gasteiger partial charge in [-0.05, 0) is 6.92 Å². The quantitative estimate of drug-likeness (QED) is 0.621. The number of H-pyrrole nitrogens is 1. The molecule has 0 bridgehead atoms. The molecule has 0 saturated carbocycles. The number of hydrogen-bond donors (Lipinski definition) is 1. The topological polar surface area (TPSA) is 58.6 Å². The maximum atomic E-state index is 11.1. The van der Waals surface area contributed by atoms with E-state index in [1.807, 2.05) is 20.8 Å². The van der Waals surface area contributed by atoms with Gasteiger partial charge < -0.3 is 4.98 Å². The summed E-state index contributed by atoms with van der Waals surface area (Å²) in [6, 6.07) is 0. The van der Waals surface area contributed by atoms with Crippen LogP contribution < -0.4 is 5.56 Å². The lowest BCUT2D eigenvalue weighted by Gasteiger charge is -2.15. The molecule has 0 amide bonds. The van der Waals surface area contributed by atoms with E-state index >= 15 is 0 Å². The number of aromatic nitrogens is 3. The van der Waals surface area contributed by atoms with Gasteiger partial charge in [0.05, 0.1) is 0 Å². The van der Waals surface area contributed by atoms with E-state index in [0.29, 0.717) is 11.5 Å². The van der Waals surface area contributed by atoms with Gasteiger partial charge in [0, 0.05) is 5.41 Å². The Balaban J connectivity index is 3.23. The molecule has 0 fully saturated rings. The number of rotatable bonds is 0. The predicted molar refractivity (Wildman–Crippen MR) is 46.1 cm³/mol. The average Bonchev–Trinajstić information content (AvgIpc) is 1.92. The minimum absolute atomic E-state index is 0.153. The molecule has 0 radical (unpaired) electrons. The monoisotopic (exact) mass is 167 g/mol. The Hall–Kier alpha value is -1.19. The number of hydrogen-bond acceptors (Lipinski definition) is 3. The number of nitrogens with one attached hydrogen (secondary N) is 1. The van der Waals surface area contributed by atoms with Crippen LogP contribution in [0.2, 0.25) is 0 Å². The van der Waals surface area contributed by atoms with Crippen LogP contribution in [0.25, 0.3) is 0 Å². The van der Waals surface area contributed by atoms with Gasteiger partial charge in [-0.25, -0.2) is 0 Å². The molecule has 1 aromatic rings. The molecule has 1 N–H and O–H groups in total. The predicted octanol–water partition coefficient (Wildman–Crippen LogP) is 0.771. The van der Waals surface area contributed by atoms with Crippen LogP contribution in [-0.2, 0) is 5.41 Å². The molecule has 4 nitrogen and oxygen atoms in total. The van der Waals surface area contributed by atoms with Crippen molar-refractivity contribution in [2.75, 3.05) is 0 Å². The zero-order valence-corrected chi connectivity index (χ0v) is 7.80. The Labute approximate surface area is 71.0 Å². The van der Waals surface area contributed by atoms with Crippen molar-refractivity contribution in [2.24, 2.45) is 0 Å². The first-order chi connectivity index (χ1) is 5.41. The van der Waals surface area contributed by atoms with Crippen molar-refractivity contribution < 1.29 is 0 Å². The van der Waals surface area contributed by atoms with Gasteiger partial charge in [0.25, 0.3) is 5.56 Å². The minimum atomic E-state index is -0.157. The maximum absolute atomic E-state index is 11.1. The van der Waals surface area contributed by atoms with E-state index in [0.717, 1.165) is 0 Å². The fraction of sp³-hybridized carbons (Fsp3) is 0.625. The van der Waals surface area contributed by atoms with Crippen molar-refractivity contribution in [1.82, 2.24) is 15.2 Å². The second-order valence-corrected chi connectivity index (χ2v) is 3.84. The first-order valence-corrected chi connectivity index (χ1v) is 3.85. The molecule has 0 saturated heterocycles. The maximum Gasteiger partial charge on any atom is 0.272 e. The fourth-order valence-corrected chi connectivity index (χ4v) is 0.731. The summed E-state index contributed by atoms with van der Waals surface area (Å²) in [6.45, 7) is 7.56. The second kappa shape index (κ2) is 2.69. The normalized spacial score (nSPS) is 11.7. The highest BCUT2D eigenvalue weighted by Crippen LogP contribution is 2.14. The van der Waals surface area contributed by atoms with Crippen LogP contribution in [0.1, 0.15) is 32.3 Å².